The van der Waals surface area contributed by atoms with Crippen molar-refractivity contribution < 1.29 is 29.9 Å². The Morgan fingerprint density at radius 2 is 1.18 bits per heavy atom. The van der Waals surface area contributed by atoms with Crippen molar-refractivity contribution in [1.29, 1.82) is 0 Å². The van der Waals surface area contributed by atoms with Crippen LogP contribution in [-0.2, 0) is 25.7 Å². The molecule has 0 atom stereocenters. The van der Waals surface area contributed by atoms with Crippen LogP contribution < -0.4 is 9.47 Å². The number of benzene rings is 4. The van der Waals surface area contributed by atoms with E-state index < -0.39 is 0 Å². The quantitative estimate of drug-likeness (QED) is 0.243. The Kier molecular flexibility index (Phi) is 5.64. The Morgan fingerprint density at radius 3 is 1.91 bits per heavy atom. The maximum absolute atomic E-state index is 10.5. The molecule has 1 aliphatic rings. The van der Waals surface area contributed by atoms with E-state index in [9.17, 15) is 20.4 Å². The van der Waals surface area contributed by atoms with E-state index in [0.717, 1.165) is 22.3 Å². The normalized spacial score (nSPS) is 13.2. The third kappa shape index (κ3) is 4.43. The molecule has 5 rings (SSSR count). The van der Waals surface area contributed by atoms with Gasteiger partial charge in [0, 0.05) is 0 Å². The molecule has 4 aromatic carbocycles. The molecular weight excluding hydrogens is 432 g/mol. The van der Waals surface area contributed by atoms with Gasteiger partial charge in [-0.1, -0.05) is 30.3 Å². The fourth-order valence-electron chi connectivity index (χ4n) is 4.13. The molecule has 0 amide bonds. The number of aromatic hydroxyl groups is 4. The minimum absolute atomic E-state index is 0.194. The van der Waals surface area contributed by atoms with E-state index in [4.69, 9.17) is 9.47 Å². The second kappa shape index (κ2) is 8.90. The van der Waals surface area contributed by atoms with Crippen LogP contribution in [0.3, 0.4) is 0 Å². The molecule has 0 radical (unpaired) electrons. The highest BCUT2D eigenvalue weighted by molar-refractivity contribution is 5.56. The molecule has 0 aromatic heterocycles. The monoisotopic (exact) mass is 456 g/mol. The average molecular weight is 456 g/mol. The molecule has 1 heterocycles. The largest absolute Gasteiger partial charge is 0.504 e. The molecule has 4 N–H and O–H groups in total. The van der Waals surface area contributed by atoms with Gasteiger partial charge in [0.2, 0.25) is 11.5 Å². The number of phenols is 4. The van der Waals surface area contributed by atoms with Crippen molar-refractivity contribution in [3.8, 4) is 46.0 Å². The number of hydrogen-bond donors (Lipinski definition) is 4. The molecule has 0 aliphatic carbocycles. The summed E-state index contributed by atoms with van der Waals surface area (Å²) in [6.45, 7) is 0. The molecule has 4 aromatic rings. The predicted molar refractivity (Wildman–Crippen MR) is 127 cm³/mol. The second-order valence-electron chi connectivity index (χ2n) is 8.38. The van der Waals surface area contributed by atoms with Crippen LogP contribution >= 0.6 is 0 Å². The van der Waals surface area contributed by atoms with Gasteiger partial charge in [-0.25, -0.2) is 0 Å². The Balaban J connectivity index is 1.59. The maximum Gasteiger partial charge on any atom is 0.201 e. The molecule has 0 saturated carbocycles. The van der Waals surface area contributed by atoms with E-state index in [2.05, 4.69) is 0 Å². The smallest absolute Gasteiger partial charge is 0.201 e. The molecule has 0 fully saturated rings. The first-order chi connectivity index (χ1) is 16.5. The van der Waals surface area contributed by atoms with Gasteiger partial charge in [0.1, 0.15) is 11.5 Å². The standard InChI is InChI=1S/C28H24O6/c29-23-12-11-20-10-9-18-4-1-5-21(13-18)33-25-16-19(15-24(30)26(25)31)8-7-17-3-2-6-22(14-17)34-28(20)27(23)32/h1-6,11-16,29-32H,7-10H2. The first-order valence-corrected chi connectivity index (χ1v) is 11.1. The van der Waals surface area contributed by atoms with Crippen LogP contribution in [0.4, 0.5) is 0 Å². The van der Waals surface area contributed by atoms with E-state index in [1.54, 1.807) is 24.3 Å². The van der Waals surface area contributed by atoms with Crippen molar-refractivity contribution in [1.82, 2.24) is 0 Å². The van der Waals surface area contributed by atoms with Crippen molar-refractivity contribution in [3.63, 3.8) is 0 Å². The van der Waals surface area contributed by atoms with Gasteiger partial charge in [0.15, 0.2) is 23.0 Å². The van der Waals surface area contributed by atoms with Crippen molar-refractivity contribution >= 4 is 0 Å². The first-order valence-electron chi connectivity index (χ1n) is 11.1. The summed E-state index contributed by atoms with van der Waals surface area (Å²) < 4.78 is 12.0. The van der Waals surface area contributed by atoms with Crippen LogP contribution in [0, 0.1) is 0 Å². The number of hydrogen-bond acceptors (Lipinski definition) is 6. The summed E-state index contributed by atoms with van der Waals surface area (Å²) in [6.07, 6.45) is 2.41. The Hall–Kier alpha value is -4.32. The summed E-state index contributed by atoms with van der Waals surface area (Å²) in [5.41, 5.74) is 3.53. The lowest BCUT2D eigenvalue weighted by Crippen LogP contribution is -1.97. The van der Waals surface area contributed by atoms with Crippen LogP contribution in [0.2, 0.25) is 0 Å². The van der Waals surface area contributed by atoms with Crippen molar-refractivity contribution in [2.75, 3.05) is 0 Å². The molecule has 1 aliphatic heterocycles. The van der Waals surface area contributed by atoms with E-state index in [-0.39, 0.29) is 34.5 Å². The van der Waals surface area contributed by atoms with Gasteiger partial charge < -0.3 is 29.9 Å². The first kappa shape index (κ1) is 21.5. The highest BCUT2D eigenvalue weighted by atomic mass is 16.5. The van der Waals surface area contributed by atoms with Crippen LogP contribution in [0.15, 0.2) is 72.8 Å². The summed E-state index contributed by atoms with van der Waals surface area (Å²) >= 11 is 0. The van der Waals surface area contributed by atoms with Gasteiger partial charge in [0.05, 0.1) is 0 Å². The third-order valence-corrected chi connectivity index (χ3v) is 5.94. The highest BCUT2D eigenvalue weighted by Gasteiger charge is 2.17. The molecule has 6 bridgehead atoms. The highest BCUT2D eigenvalue weighted by Crippen LogP contribution is 2.42. The Morgan fingerprint density at radius 1 is 0.529 bits per heavy atom. The van der Waals surface area contributed by atoms with E-state index in [0.29, 0.717) is 37.2 Å². The van der Waals surface area contributed by atoms with Gasteiger partial charge in [-0.05, 0) is 90.4 Å². The van der Waals surface area contributed by atoms with Gasteiger partial charge in [-0.15, -0.1) is 0 Å². The molecule has 0 saturated heterocycles. The van der Waals surface area contributed by atoms with Crippen molar-refractivity contribution in [2.45, 2.75) is 25.7 Å². The summed E-state index contributed by atoms with van der Waals surface area (Å²) in [6, 6.07) is 21.4. The SMILES string of the molecule is Oc1cc2cc(c1O)Oc1cccc(c1)CCc1ccc(O)c(O)c1Oc1cccc(c1)CC2. The minimum atomic E-state index is -0.299. The molecule has 0 unspecified atom stereocenters. The molecule has 6 heteroatoms. The van der Waals surface area contributed by atoms with Crippen LogP contribution in [0.25, 0.3) is 0 Å². The van der Waals surface area contributed by atoms with E-state index >= 15 is 0 Å². The van der Waals surface area contributed by atoms with E-state index in [1.165, 1.54) is 12.1 Å². The van der Waals surface area contributed by atoms with Crippen LogP contribution in [0.1, 0.15) is 22.3 Å². The number of fused-ring (bicyclic) bond motifs is 7. The molecule has 172 valence electrons. The fraction of sp³-hybridized carbons (Fsp3) is 0.143. The third-order valence-electron chi connectivity index (χ3n) is 5.94. The Labute approximate surface area is 196 Å². The molecular formula is C28H24O6. The molecule has 34 heavy (non-hydrogen) atoms. The lowest BCUT2D eigenvalue weighted by atomic mass is 10.0. The fourth-order valence-corrected chi connectivity index (χ4v) is 4.13. The summed E-state index contributed by atoms with van der Waals surface area (Å²) in [5, 5.41) is 41.2. The van der Waals surface area contributed by atoms with E-state index in [1.807, 2.05) is 36.4 Å². The van der Waals surface area contributed by atoms with Crippen molar-refractivity contribution in [2.24, 2.45) is 0 Å². The number of rotatable bonds is 0. The zero-order valence-corrected chi connectivity index (χ0v) is 18.4. The average Bonchev–Trinajstić information content (AvgIpc) is 2.83. The lowest BCUT2D eigenvalue weighted by molar-refractivity contribution is 0.370. The molecule has 0 spiro atoms. The zero-order valence-electron chi connectivity index (χ0n) is 18.4. The Bertz CT molecular complexity index is 1360. The number of ether oxygens (including phenoxy) is 2. The summed E-state index contributed by atoms with van der Waals surface area (Å²) in [5.74, 6) is 0.439. The van der Waals surface area contributed by atoms with Crippen LogP contribution in [0.5, 0.6) is 46.0 Å². The number of phenolic OH excluding ortho intramolecular Hbond substituents is 4. The van der Waals surface area contributed by atoms with Crippen LogP contribution in [-0.4, -0.2) is 20.4 Å². The predicted octanol–water partition coefficient (Wildman–Crippen LogP) is 5.98. The van der Waals surface area contributed by atoms with Gasteiger partial charge in [-0.3, -0.25) is 0 Å². The minimum Gasteiger partial charge on any atom is -0.504 e. The van der Waals surface area contributed by atoms with Gasteiger partial charge in [-0.2, -0.15) is 0 Å². The van der Waals surface area contributed by atoms with Gasteiger partial charge >= 0.3 is 0 Å². The second-order valence-corrected chi connectivity index (χ2v) is 8.38. The maximum atomic E-state index is 10.5. The topological polar surface area (TPSA) is 99.4 Å². The lowest BCUT2D eigenvalue weighted by Gasteiger charge is -2.15. The van der Waals surface area contributed by atoms with Crippen molar-refractivity contribution in [3.05, 3.63) is 95.1 Å². The summed E-state index contributed by atoms with van der Waals surface area (Å²) in [4.78, 5) is 0. The summed E-state index contributed by atoms with van der Waals surface area (Å²) in [7, 11) is 0. The zero-order chi connectivity index (χ0) is 23.7. The van der Waals surface area contributed by atoms with Gasteiger partial charge in [0.25, 0.3) is 0 Å². The number of aryl methyl sites for hydroxylation is 4. The molecule has 6 nitrogen and oxygen atoms in total.